The van der Waals surface area contributed by atoms with E-state index in [1.54, 1.807) is 0 Å². The van der Waals surface area contributed by atoms with Crippen LogP contribution in [0.3, 0.4) is 0 Å². The zero-order valence-electron chi connectivity index (χ0n) is 5.06. The van der Waals surface area contributed by atoms with Crippen LogP contribution in [-0.2, 0) is 14.1 Å². The maximum absolute atomic E-state index is 10.1. The third kappa shape index (κ3) is 7.58. The monoisotopic (exact) mass is 169 g/mol. The predicted octanol–water partition coefficient (Wildman–Crippen LogP) is -1.16. The highest BCUT2D eigenvalue weighted by Crippen LogP contribution is 2.31. The van der Waals surface area contributed by atoms with Crippen molar-refractivity contribution in [1.29, 1.82) is 0 Å². The minimum atomic E-state index is -4.01. The first-order valence-electron chi connectivity index (χ1n) is 2.37. The summed E-state index contributed by atoms with van der Waals surface area (Å²) in [6.45, 7) is 0.00128. The molecule has 7 heteroatoms. The molecule has 10 heavy (non-hydrogen) atoms. The zero-order valence-corrected chi connectivity index (χ0v) is 5.95. The molecule has 0 spiro atoms. The quantitative estimate of drug-likeness (QED) is 0.208. The minimum Gasteiger partial charge on any atom is -0.452 e. The molecule has 6 nitrogen and oxygen atoms in total. The molecule has 0 unspecified atom stereocenters. The summed E-state index contributed by atoms with van der Waals surface area (Å²) in [5, 5.41) is 2.21. The maximum atomic E-state index is 10.1. The molecule has 0 bridgehead atoms. The molecule has 0 atom stereocenters. The van der Waals surface area contributed by atoms with E-state index in [-0.39, 0.29) is 13.2 Å². The number of hydrogen-bond donors (Lipinski definition) is 3. The Bertz CT molecular complexity index is 142. The number of hydrogen-bond acceptors (Lipinski definition) is 4. The zero-order chi connectivity index (χ0) is 8.04. The summed E-state index contributed by atoms with van der Waals surface area (Å²) in [7, 11) is -4.01. The van der Waals surface area contributed by atoms with E-state index in [0.717, 1.165) is 0 Å². The van der Waals surface area contributed by atoms with Crippen LogP contribution in [0.15, 0.2) is 0 Å². The van der Waals surface area contributed by atoms with Crippen LogP contribution >= 0.6 is 7.60 Å². The topological polar surface area (TPSA) is 95.9 Å². The standard InChI is InChI=1S/C3H8NO5P/c5-3-9-1-4-2-10(6,7)8/h3-4H,1-2H2,(H2,6,7,8). The fraction of sp³-hybridized carbons (Fsp3) is 0.667. The second-order valence-corrected chi connectivity index (χ2v) is 3.13. The van der Waals surface area contributed by atoms with Crippen molar-refractivity contribution in [2.75, 3.05) is 13.0 Å². The molecular weight excluding hydrogens is 161 g/mol. The van der Waals surface area contributed by atoms with Crippen molar-refractivity contribution in [1.82, 2.24) is 5.32 Å². The van der Waals surface area contributed by atoms with Crippen LogP contribution in [0.5, 0.6) is 0 Å². The molecule has 0 aromatic heterocycles. The Hall–Kier alpha value is -0.420. The first kappa shape index (κ1) is 9.58. The van der Waals surface area contributed by atoms with Gasteiger partial charge in [0, 0.05) is 0 Å². The van der Waals surface area contributed by atoms with E-state index in [0.29, 0.717) is 0 Å². The molecule has 0 aromatic carbocycles. The molecule has 0 aliphatic rings. The van der Waals surface area contributed by atoms with Gasteiger partial charge in [0.25, 0.3) is 6.47 Å². The molecule has 0 rings (SSSR count). The van der Waals surface area contributed by atoms with Gasteiger partial charge < -0.3 is 14.5 Å². The Labute approximate surface area is 57.3 Å². The lowest BCUT2D eigenvalue weighted by Crippen LogP contribution is -2.18. The second kappa shape index (κ2) is 4.40. The van der Waals surface area contributed by atoms with Crippen LogP contribution in [0.4, 0.5) is 0 Å². The Balaban J connectivity index is 3.20. The smallest absolute Gasteiger partial charge is 0.339 e. The first-order chi connectivity index (χ1) is 4.56. The van der Waals surface area contributed by atoms with E-state index in [4.69, 9.17) is 9.79 Å². The van der Waals surface area contributed by atoms with Crippen LogP contribution in [0.2, 0.25) is 0 Å². The van der Waals surface area contributed by atoms with Gasteiger partial charge in [0.1, 0.15) is 13.0 Å². The Morgan fingerprint density at radius 3 is 2.60 bits per heavy atom. The van der Waals surface area contributed by atoms with Crippen molar-refractivity contribution < 1.29 is 23.9 Å². The molecule has 0 heterocycles. The van der Waals surface area contributed by atoms with Crippen molar-refractivity contribution in [2.24, 2.45) is 0 Å². The van der Waals surface area contributed by atoms with E-state index < -0.39 is 13.9 Å². The van der Waals surface area contributed by atoms with Gasteiger partial charge in [0.05, 0.1) is 0 Å². The summed E-state index contributed by atoms with van der Waals surface area (Å²) >= 11 is 0. The summed E-state index contributed by atoms with van der Waals surface area (Å²) in [5.74, 6) is 0. The third-order valence-corrected chi connectivity index (χ3v) is 1.21. The van der Waals surface area contributed by atoms with Crippen LogP contribution in [-0.4, -0.2) is 29.3 Å². The molecular formula is C3H8NO5P. The molecule has 0 aliphatic heterocycles. The summed E-state index contributed by atoms with van der Waals surface area (Å²) in [4.78, 5) is 25.9. The van der Waals surface area contributed by atoms with Gasteiger partial charge >= 0.3 is 7.60 Å². The number of ether oxygens (including phenoxy) is 1. The van der Waals surface area contributed by atoms with Gasteiger partial charge in [-0.05, 0) is 0 Å². The average molecular weight is 169 g/mol. The van der Waals surface area contributed by atoms with Crippen molar-refractivity contribution in [2.45, 2.75) is 0 Å². The summed E-state index contributed by atoms with van der Waals surface area (Å²) in [6.07, 6.45) is -0.485. The number of carbonyl (C=O) groups is 1. The molecule has 0 saturated heterocycles. The molecule has 0 radical (unpaired) electrons. The summed E-state index contributed by atoms with van der Waals surface area (Å²) in [5.41, 5.74) is 0. The lowest BCUT2D eigenvalue weighted by atomic mass is 11.1. The number of carbonyl (C=O) groups excluding carboxylic acids is 1. The predicted molar refractivity (Wildman–Crippen MR) is 32.1 cm³/mol. The van der Waals surface area contributed by atoms with E-state index in [1.807, 2.05) is 0 Å². The second-order valence-electron chi connectivity index (χ2n) is 1.48. The van der Waals surface area contributed by atoms with Crippen LogP contribution in [0.1, 0.15) is 0 Å². The molecule has 0 fully saturated rings. The van der Waals surface area contributed by atoms with Crippen molar-refractivity contribution in [3.63, 3.8) is 0 Å². The van der Waals surface area contributed by atoms with Gasteiger partial charge in [-0.1, -0.05) is 0 Å². The van der Waals surface area contributed by atoms with Crippen molar-refractivity contribution in [3.05, 3.63) is 0 Å². The van der Waals surface area contributed by atoms with E-state index in [1.165, 1.54) is 0 Å². The SMILES string of the molecule is O=COCNCP(=O)(O)O. The average Bonchev–Trinajstić information content (AvgIpc) is 1.78. The molecule has 0 saturated carbocycles. The first-order valence-corrected chi connectivity index (χ1v) is 4.16. The van der Waals surface area contributed by atoms with E-state index in [2.05, 4.69) is 10.1 Å². The van der Waals surface area contributed by atoms with Gasteiger partial charge in [-0.25, -0.2) is 0 Å². The lowest BCUT2D eigenvalue weighted by molar-refractivity contribution is -0.129. The van der Waals surface area contributed by atoms with E-state index in [9.17, 15) is 9.36 Å². The normalized spacial score (nSPS) is 11.0. The van der Waals surface area contributed by atoms with Gasteiger partial charge in [0.2, 0.25) is 0 Å². The van der Waals surface area contributed by atoms with Gasteiger partial charge in [-0.15, -0.1) is 0 Å². The molecule has 0 aromatic rings. The number of nitrogens with one attached hydrogen (secondary N) is 1. The molecule has 0 amide bonds. The highest BCUT2D eigenvalue weighted by atomic mass is 31.2. The van der Waals surface area contributed by atoms with Gasteiger partial charge in [-0.2, -0.15) is 0 Å². The fourth-order valence-electron chi connectivity index (χ4n) is 0.284. The molecule has 60 valence electrons. The minimum absolute atomic E-state index is 0.186. The van der Waals surface area contributed by atoms with Crippen LogP contribution in [0.25, 0.3) is 0 Å². The highest BCUT2D eigenvalue weighted by Gasteiger charge is 2.10. The fourth-order valence-corrected chi connectivity index (χ4v) is 0.667. The van der Waals surface area contributed by atoms with Crippen molar-refractivity contribution in [3.8, 4) is 0 Å². The van der Waals surface area contributed by atoms with Crippen LogP contribution in [0, 0.1) is 0 Å². The Kier molecular flexibility index (Phi) is 4.22. The number of rotatable bonds is 5. The largest absolute Gasteiger partial charge is 0.452 e. The lowest BCUT2D eigenvalue weighted by Gasteiger charge is -2.03. The summed E-state index contributed by atoms with van der Waals surface area (Å²) < 4.78 is 14.2. The Morgan fingerprint density at radius 2 is 2.20 bits per heavy atom. The third-order valence-electron chi connectivity index (χ3n) is 0.571. The molecule has 3 N–H and O–H groups in total. The summed E-state index contributed by atoms with van der Waals surface area (Å²) in [6, 6.07) is 0. The Morgan fingerprint density at radius 1 is 1.60 bits per heavy atom. The van der Waals surface area contributed by atoms with Gasteiger partial charge in [-0.3, -0.25) is 14.7 Å². The maximum Gasteiger partial charge on any atom is 0.339 e. The van der Waals surface area contributed by atoms with Gasteiger partial charge in [0.15, 0.2) is 0 Å². The molecule has 0 aliphatic carbocycles. The van der Waals surface area contributed by atoms with Crippen LogP contribution < -0.4 is 5.32 Å². The van der Waals surface area contributed by atoms with E-state index >= 15 is 0 Å². The highest BCUT2D eigenvalue weighted by molar-refractivity contribution is 7.51. The van der Waals surface area contributed by atoms with Crippen molar-refractivity contribution >= 4 is 14.1 Å².